The van der Waals surface area contributed by atoms with E-state index in [0.29, 0.717) is 0 Å². The predicted octanol–water partition coefficient (Wildman–Crippen LogP) is 13.2. The molecule has 0 saturated carbocycles. The van der Waals surface area contributed by atoms with Gasteiger partial charge in [-0.15, -0.1) is 0 Å². The third-order valence-corrected chi connectivity index (χ3v) is 10.7. The molecule has 2 nitrogen and oxygen atoms in total. The van der Waals surface area contributed by atoms with Crippen LogP contribution in [0.1, 0.15) is 0 Å². The first-order chi connectivity index (χ1) is 24.8. The molecule has 0 amide bonds. The van der Waals surface area contributed by atoms with Gasteiger partial charge in [-0.1, -0.05) is 140 Å². The lowest BCUT2D eigenvalue weighted by atomic mass is 9.87. The van der Waals surface area contributed by atoms with Gasteiger partial charge in [-0.2, -0.15) is 0 Å². The predicted molar refractivity (Wildman–Crippen MR) is 214 cm³/mol. The van der Waals surface area contributed by atoms with Gasteiger partial charge < -0.3 is 9.55 Å². The molecule has 0 radical (unpaired) electrons. The Bertz CT molecular complexity index is 3140. The standard InChI is InChI=1S/C48H30N2/c1-2-14-30(15-3-1)50-46-25-13-11-20-37(46)43-28-41(34-19-7-9-22-39(34)48(43)50)35-26-27-36(32-17-5-4-16-31(32)35)42-29-45-47(38-21-8-6-18-33(38)42)40-23-10-12-24-44(40)49-45/h1-29,49H. The van der Waals surface area contributed by atoms with Gasteiger partial charge in [-0.3, -0.25) is 0 Å². The van der Waals surface area contributed by atoms with Crippen LogP contribution in [0.4, 0.5) is 0 Å². The Morgan fingerprint density at radius 3 is 1.52 bits per heavy atom. The van der Waals surface area contributed by atoms with E-state index >= 15 is 0 Å². The summed E-state index contributed by atoms with van der Waals surface area (Å²) in [5.74, 6) is 0. The van der Waals surface area contributed by atoms with Crippen molar-refractivity contribution in [3.05, 3.63) is 176 Å². The lowest BCUT2D eigenvalue weighted by molar-refractivity contribution is 1.19. The van der Waals surface area contributed by atoms with Gasteiger partial charge in [0.15, 0.2) is 0 Å². The number of nitrogens with zero attached hydrogens (tertiary/aromatic N) is 1. The first-order valence-corrected chi connectivity index (χ1v) is 17.3. The normalized spacial score (nSPS) is 12.0. The van der Waals surface area contributed by atoms with Crippen LogP contribution in [-0.2, 0) is 0 Å². The van der Waals surface area contributed by atoms with E-state index in [4.69, 9.17) is 0 Å². The lowest BCUT2D eigenvalue weighted by Gasteiger charge is -2.17. The van der Waals surface area contributed by atoms with E-state index in [1.165, 1.54) is 104 Å². The molecule has 0 fully saturated rings. The van der Waals surface area contributed by atoms with Gasteiger partial charge in [-0.05, 0) is 85.6 Å². The summed E-state index contributed by atoms with van der Waals surface area (Å²) in [6.45, 7) is 0. The van der Waals surface area contributed by atoms with Crippen molar-refractivity contribution in [2.75, 3.05) is 0 Å². The van der Waals surface area contributed by atoms with Crippen LogP contribution in [0.15, 0.2) is 176 Å². The zero-order valence-electron chi connectivity index (χ0n) is 27.2. The fourth-order valence-electron chi connectivity index (χ4n) is 8.60. The van der Waals surface area contributed by atoms with Gasteiger partial charge in [-0.25, -0.2) is 0 Å². The minimum Gasteiger partial charge on any atom is -0.354 e. The molecule has 232 valence electrons. The number of hydrogen-bond acceptors (Lipinski definition) is 0. The van der Waals surface area contributed by atoms with Crippen LogP contribution < -0.4 is 0 Å². The number of aromatic amines is 1. The molecule has 0 aliphatic carbocycles. The smallest absolute Gasteiger partial charge is 0.0619 e. The fourth-order valence-corrected chi connectivity index (χ4v) is 8.60. The Morgan fingerprint density at radius 2 is 0.820 bits per heavy atom. The Hall–Kier alpha value is -6.64. The van der Waals surface area contributed by atoms with Gasteiger partial charge in [0.25, 0.3) is 0 Å². The van der Waals surface area contributed by atoms with Crippen molar-refractivity contribution in [1.29, 1.82) is 0 Å². The fraction of sp³-hybridized carbons (Fsp3) is 0. The van der Waals surface area contributed by atoms with Gasteiger partial charge in [0.05, 0.1) is 11.0 Å². The van der Waals surface area contributed by atoms with Crippen LogP contribution in [0.3, 0.4) is 0 Å². The van der Waals surface area contributed by atoms with Crippen molar-refractivity contribution in [2.24, 2.45) is 0 Å². The number of rotatable bonds is 3. The molecule has 1 N–H and O–H groups in total. The molecule has 0 unspecified atom stereocenters. The summed E-state index contributed by atoms with van der Waals surface area (Å²) in [4.78, 5) is 3.73. The Morgan fingerprint density at radius 1 is 0.320 bits per heavy atom. The number of benzene rings is 9. The number of fused-ring (bicyclic) bond motifs is 11. The Balaban J connectivity index is 1.22. The summed E-state index contributed by atoms with van der Waals surface area (Å²) in [7, 11) is 0. The number of para-hydroxylation sites is 3. The minimum absolute atomic E-state index is 1.17. The molecule has 50 heavy (non-hydrogen) atoms. The first kappa shape index (κ1) is 27.3. The molecule has 2 aromatic heterocycles. The summed E-state index contributed by atoms with van der Waals surface area (Å²) in [5, 5.41) is 12.6. The van der Waals surface area contributed by atoms with Crippen molar-refractivity contribution in [1.82, 2.24) is 9.55 Å². The van der Waals surface area contributed by atoms with E-state index in [9.17, 15) is 0 Å². The highest BCUT2D eigenvalue weighted by atomic mass is 15.0. The van der Waals surface area contributed by atoms with Gasteiger partial charge >= 0.3 is 0 Å². The highest BCUT2D eigenvalue weighted by Crippen LogP contribution is 2.46. The average Bonchev–Trinajstić information content (AvgIpc) is 3.73. The zero-order valence-corrected chi connectivity index (χ0v) is 27.2. The second-order valence-corrected chi connectivity index (χ2v) is 13.3. The molecular formula is C48H30N2. The third kappa shape index (κ3) is 3.79. The number of nitrogens with one attached hydrogen (secondary N) is 1. The van der Waals surface area contributed by atoms with Gasteiger partial charge in [0.1, 0.15) is 0 Å². The maximum atomic E-state index is 3.73. The molecule has 2 heteroatoms. The Labute approximate surface area is 288 Å². The van der Waals surface area contributed by atoms with Crippen LogP contribution >= 0.6 is 0 Å². The third-order valence-electron chi connectivity index (χ3n) is 10.7. The summed E-state index contributed by atoms with van der Waals surface area (Å²) in [5.41, 5.74) is 11.0. The highest BCUT2D eigenvalue weighted by molar-refractivity contribution is 6.26. The van der Waals surface area contributed by atoms with E-state index < -0.39 is 0 Å². The summed E-state index contributed by atoms with van der Waals surface area (Å²) >= 11 is 0. The van der Waals surface area contributed by atoms with Crippen LogP contribution in [0, 0.1) is 0 Å². The topological polar surface area (TPSA) is 20.7 Å². The van der Waals surface area contributed by atoms with Crippen molar-refractivity contribution in [3.8, 4) is 27.9 Å². The zero-order chi connectivity index (χ0) is 32.8. The van der Waals surface area contributed by atoms with Crippen molar-refractivity contribution >= 4 is 75.9 Å². The number of H-pyrrole nitrogens is 1. The maximum absolute atomic E-state index is 3.73. The SMILES string of the molecule is c1ccc(-n2c3ccccc3c3cc(-c4ccc(-c5cc6[nH]c7ccccc7c6c6ccccc56)c5ccccc45)c4ccccc4c32)cc1. The molecule has 2 heterocycles. The van der Waals surface area contributed by atoms with E-state index in [-0.39, 0.29) is 0 Å². The van der Waals surface area contributed by atoms with Crippen LogP contribution in [0.25, 0.3) is 104 Å². The summed E-state index contributed by atoms with van der Waals surface area (Å²) in [6, 6.07) is 64.4. The molecule has 11 rings (SSSR count). The molecule has 0 bridgehead atoms. The second-order valence-electron chi connectivity index (χ2n) is 13.3. The average molecular weight is 635 g/mol. The quantitative estimate of drug-likeness (QED) is 0.200. The second kappa shape index (κ2) is 10.4. The van der Waals surface area contributed by atoms with E-state index in [1.807, 2.05) is 0 Å². The molecule has 0 spiro atoms. The van der Waals surface area contributed by atoms with E-state index in [1.54, 1.807) is 0 Å². The van der Waals surface area contributed by atoms with E-state index in [0.717, 1.165) is 0 Å². The molecular weight excluding hydrogens is 605 g/mol. The maximum Gasteiger partial charge on any atom is 0.0619 e. The summed E-state index contributed by atoms with van der Waals surface area (Å²) < 4.78 is 2.43. The molecule has 11 aromatic rings. The van der Waals surface area contributed by atoms with Crippen LogP contribution in [-0.4, -0.2) is 9.55 Å². The van der Waals surface area contributed by atoms with Crippen molar-refractivity contribution < 1.29 is 0 Å². The summed E-state index contributed by atoms with van der Waals surface area (Å²) in [6.07, 6.45) is 0. The van der Waals surface area contributed by atoms with Crippen LogP contribution in [0.5, 0.6) is 0 Å². The minimum atomic E-state index is 1.17. The molecule has 0 aliphatic rings. The highest BCUT2D eigenvalue weighted by Gasteiger charge is 2.20. The van der Waals surface area contributed by atoms with Gasteiger partial charge in [0, 0.05) is 43.7 Å². The van der Waals surface area contributed by atoms with Crippen molar-refractivity contribution in [3.63, 3.8) is 0 Å². The Kier molecular flexibility index (Phi) is 5.70. The molecule has 9 aromatic carbocycles. The largest absolute Gasteiger partial charge is 0.354 e. The van der Waals surface area contributed by atoms with E-state index in [2.05, 4.69) is 185 Å². The first-order valence-electron chi connectivity index (χ1n) is 17.3. The van der Waals surface area contributed by atoms with Crippen molar-refractivity contribution in [2.45, 2.75) is 0 Å². The van der Waals surface area contributed by atoms with Crippen LogP contribution in [0.2, 0.25) is 0 Å². The number of aromatic nitrogens is 2. The monoisotopic (exact) mass is 634 g/mol. The lowest BCUT2D eigenvalue weighted by Crippen LogP contribution is -1.94. The molecule has 0 aliphatic heterocycles. The van der Waals surface area contributed by atoms with Gasteiger partial charge in [0.2, 0.25) is 0 Å². The number of hydrogen-bond donors (Lipinski definition) is 1. The molecule has 0 saturated heterocycles. The molecule has 0 atom stereocenters.